The average molecular weight is 951 g/mol. The van der Waals surface area contributed by atoms with E-state index < -0.39 is 114 Å². The van der Waals surface area contributed by atoms with Crippen LogP contribution in [0, 0.1) is 6.92 Å². The number of benzene rings is 1. The van der Waals surface area contributed by atoms with Crippen LogP contribution in [0.25, 0.3) is 0 Å². The molecule has 2 bridgehead atoms. The Hall–Kier alpha value is -5.56. The van der Waals surface area contributed by atoms with E-state index in [9.17, 15) is 53.1 Å². The van der Waals surface area contributed by atoms with Crippen LogP contribution in [0.5, 0.6) is 0 Å². The number of fused-ring (bicyclic) bond motifs is 5. The molecule has 2 aliphatic rings. The molecule has 13 N–H and O–H groups in total. The lowest BCUT2D eigenvalue weighted by atomic mass is 10.0. The smallest absolute Gasteiger partial charge is 0.305 e. The highest BCUT2D eigenvalue weighted by Gasteiger charge is 2.34. The molecule has 1 aromatic carbocycles. The van der Waals surface area contributed by atoms with Gasteiger partial charge in [0.25, 0.3) is 0 Å². The summed E-state index contributed by atoms with van der Waals surface area (Å²) in [6.07, 6.45) is 0.0851. The summed E-state index contributed by atoms with van der Waals surface area (Å²) in [4.78, 5) is 138. The molecule has 0 radical (unpaired) electrons. The molecule has 7 atom stereocenters. The van der Waals surface area contributed by atoms with Gasteiger partial charge in [-0.1, -0.05) is 58.3 Å². The minimum atomic E-state index is -1.74. The maximum absolute atomic E-state index is 14.2. The summed E-state index contributed by atoms with van der Waals surface area (Å²) in [7, 11) is 1.95. The molecule has 64 heavy (non-hydrogen) atoms. The number of carbonyl (C=O) groups excluding carboxylic acids is 9. The number of hydrogen-bond donors (Lipinski definition) is 11. The number of nitrogens with zero attached hydrogens (tertiary/aromatic N) is 1. The van der Waals surface area contributed by atoms with Crippen LogP contribution >= 0.6 is 33.3 Å². The normalized spacial score (nSPS) is 25.2. The van der Waals surface area contributed by atoms with Crippen LogP contribution in [-0.4, -0.2) is 148 Å². The van der Waals surface area contributed by atoms with Gasteiger partial charge in [0.1, 0.15) is 36.3 Å². The zero-order valence-electron chi connectivity index (χ0n) is 35.2. The van der Waals surface area contributed by atoms with Crippen LogP contribution in [0.15, 0.2) is 35.3 Å². The third kappa shape index (κ3) is 19.0. The molecule has 2 heterocycles. The van der Waals surface area contributed by atoms with Crippen LogP contribution in [0.3, 0.4) is 0 Å². The number of aliphatic imine (C=N–C) groups is 1. The SMILES string of the molecule is [CH2-]CCC[C@@H]1NC(=O)CSC[C@@H](C(C)=O)NC(=O)C(Cc2ccccc2)NC(=O)[C@@H]2CSSC[C@H](NC1=O)C(=O)N[C@@H](CCCN=C(N)N)C(=O)NCC(=O)N[C@@H](CC(=O)O)C(=O)N2. The second-order valence-corrected chi connectivity index (χ2v) is 18.3. The van der Waals surface area contributed by atoms with E-state index in [4.69, 9.17) is 11.5 Å². The van der Waals surface area contributed by atoms with Crippen LogP contribution in [-0.2, 0) is 54.4 Å². The molecule has 0 spiro atoms. The zero-order valence-corrected chi connectivity index (χ0v) is 37.6. The molecule has 2 aliphatic heterocycles. The van der Waals surface area contributed by atoms with Gasteiger partial charge in [0.2, 0.25) is 47.3 Å². The van der Waals surface area contributed by atoms with Gasteiger partial charge in [0.15, 0.2) is 11.7 Å². The zero-order chi connectivity index (χ0) is 47.2. The highest BCUT2D eigenvalue weighted by molar-refractivity contribution is 8.76. The van der Waals surface area contributed by atoms with Gasteiger partial charge in [0, 0.05) is 30.2 Å². The van der Waals surface area contributed by atoms with Crippen molar-refractivity contribution in [2.45, 2.75) is 94.2 Å². The van der Waals surface area contributed by atoms with Crippen molar-refractivity contribution in [2.24, 2.45) is 16.5 Å². The van der Waals surface area contributed by atoms with E-state index in [-0.39, 0.29) is 61.2 Å². The Morgan fingerprint density at radius 2 is 1.27 bits per heavy atom. The van der Waals surface area contributed by atoms with Gasteiger partial charge in [-0.15, -0.1) is 11.8 Å². The molecule has 0 saturated carbocycles. The number of ketones is 1. The minimum absolute atomic E-state index is 0.0486. The molecule has 352 valence electrons. The number of carboxylic acid groups (broad SMARTS) is 1. The van der Waals surface area contributed by atoms with Crippen molar-refractivity contribution in [3.8, 4) is 0 Å². The first kappa shape index (κ1) is 52.8. The Morgan fingerprint density at radius 1 is 0.703 bits per heavy atom. The number of carboxylic acids is 1. The largest absolute Gasteiger partial charge is 0.481 e. The quantitative estimate of drug-likeness (QED) is 0.0327. The summed E-state index contributed by atoms with van der Waals surface area (Å²) in [5, 5.41) is 30.0. The van der Waals surface area contributed by atoms with Gasteiger partial charge in [-0.05, 0) is 31.7 Å². The maximum atomic E-state index is 14.2. The van der Waals surface area contributed by atoms with Crippen molar-refractivity contribution in [3.05, 3.63) is 42.8 Å². The number of carbonyl (C=O) groups is 10. The van der Waals surface area contributed by atoms with Crippen molar-refractivity contribution >= 4 is 98.3 Å². The Morgan fingerprint density at radius 3 is 1.86 bits per heavy atom. The predicted molar refractivity (Wildman–Crippen MR) is 241 cm³/mol. The molecule has 1 aromatic rings. The van der Waals surface area contributed by atoms with E-state index >= 15 is 0 Å². The van der Waals surface area contributed by atoms with Crippen LogP contribution in [0.2, 0.25) is 0 Å². The van der Waals surface area contributed by atoms with Crippen molar-refractivity contribution < 1.29 is 53.1 Å². The Bertz CT molecular complexity index is 1870. The van der Waals surface area contributed by atoms with E-state index in [0.717, 1.165) is 33.3 Å². The lowest BCUT2D eigenvalue weighted by Gasteiger charge is -2.27. The van der Waals surface area contributed by atoms with Crippen molar-refractivity contribution in [3.63, 3.8) is 0 Å². The number of amides is 8. The summed E-state index contributed by atoms with van der Waals surface area (Å²) in [5.41, 5.74) is 11.5. The number of unbranched alkanes of at least 4 members (excludes halogenated alkanes) is 1. The maximum Gasteiger partial charge on any atom is 0.305 e. The van der Waals surface area contributed by atoms with E-state index in [2.05, 4.69) is 54.5 Å². The van der Waals surface area contributed by atoms with Gasteiger partial charge >= 0.3 is 5.97 Å². The molecule has 22 nitrogen and oxygen atoms in total. The molecule has 8 amide bonds. The van der Waals surface area contributed by atoms with Crippen LogP contribution < -0.4 is 54.0 Å². The lowest BCUT2D eigenvalue weighted by molar-refractivity contribution is -0.141. The number of Topliss-reactive ketones (excluding diaryl/α,β-unsaturated/α-hetero) is 1. The molecule has 2 fully saturated rings. The fourth-order valence-electron chi connectivity index (χ4n) is 6.09. The molecule has 0 aromatic heterocycles. The Labute approximate surface area is 382 Å². The number of nitrogens with one attached hydrogen (secondary N) is 8. The number of hydrogen-bond acceptors (Lipinski definition) is 14. The number of thioether (sulfide) groups is 1. The fourth-order valence-corrected chi connectivity index (χ4v) is 9.36. The van der Waals surface area contributed by atoms with E-state index in [1.54, 1.807) is 30.3 Å². The second-order valence-electron chi connectivity index (χ2n) is 14.7. The Kier molecular flexibility index (Phi) is 22.8. The Balaban J connectivity index is 2.13. The predicted octanol–water partition coefficient (Wildman–Crippen LogP) is -3.00. The number of aliphatic carboxylic acids is 1. The monoisotopic (exact) mass is 950 g/mol. The minimum Gasteiger partial charge on any atom is -0.481 e. The van der Waals surface area contributed by atoms with Gasteiger partial charge in [-0.3, -0.25) is 52.9 Å². The number of guanidine groups is 1. The van der Waals surface area contributed by atoms with Gasteiger partial charge < -0.3 is 66.0 Å². The molecular formula is C39H56N11O11S3-. The van der Waals surface area contributed by atoms with Crippen molar-refractivity contribution in [2.75, 3.05) is 36.1 Å². The topological polar surface area (TPSA) is 352 Å². The van der Waals surface area contributed by atoms with Crippen LogP contribution in [0.1, 0.15) is 51.0 Å². The second kappa shape index (κ2) is 27.6. The van der Waals surface area contributed by atoms with Crippen molar-refractivity contribution in [1.29, 1.82) is 0 Å². The summed E-state index contributed by atoms with van der Waals surface area (Å²) in [6, 6.07) is -0.892. The first-order chi connectivity index (χ1) is 30.5. The van der Waals surface area contributed by atoms with E-state index in [0.29, 0.717) is 18.4 Å². The van der Waals surface area contributed by atoms with Crippen LogP contribution in [0.4, 0.5) is 0 Å². The average Bonchev–Trinajstić information content (AvgIpc) is 3.24. The number of rotatable bonds is 12. The molecule has 1 unspecified atom stereocenters. The fraction of sp³-hybridized carbons (Fsp3) is 0.538. The standard InChI is InChI=1S/C39H56N11O11S3/c1-3-4-11-24-34(57)49-28-18-63-64-19-29(38(61)47-25(14-22-9-6-5-7-10-22)35(58)48-27(21(2)51)17-62-20-31(53)44-24)50-36(59)26(15-32(54)55)45-30(52)16-43-33(56)23(46-37(28)60)12-8-13-42-39(40)41/h5-7,9-10,23-29H,1,3-4,8,11-20H2,2H3,(H,43,56)(H,44,53)(H,45,52)(H,46,60)(H,47,61)(H,48,58)(H,49,57)(H,50,59)(H,54,55)(H4,40,41,42)/q-1/t23-,24-,25?,26-,27-,28-,29-/m0/s1. The third-order valence-corrected chi connectivity index (χ3v) is 12.9. The molecule has 25 heteroatoms. The van der Waals surface area contributed by atoms with Gasteiger partial charge in [-0.2, -0.15) is 6.42 Å². The first-order valence-electron chi connectivity index (χ1n) is 20.3. The molecular weight excluding hydrogens is 895 g/mol. The van der Waals surface area contributed by atoms with E-state index in [1.807, 2.05) is 0 Å². The molecule has 3 rings (SSSR count). The van der Waals surface area contributed by atoms with Gasteiger partial charge in [0.05, 0.1) is 24.8 Å². The molecule has 2 saturated heterocycles. The highest BCUT2D eigenvalue weighted by atomic mass is 33.1. The lowest BCUT2D eigenvalue weighted by Crippen LogP contribution is -2.59. The summed E-state index contributed by atoms with van der Waals surface area (Å²) in [6.45, 7) is 4.34. The summed E-state index contributed by atoms with van der Waals surface area (Å²) >= 11 is 1.00. The van der Waals surface area contributed by atoms with Gasteiger partial charge in [-0.25, -0.2) is 0 Å². The van der Waals surface area contributed by atoms with Crippen molar-refractivity contribution in [1.82, 2.24) is 42.5 Å². The first-order valence-corrected chi connectivity index (χ1v) is 23.9. The number of nitrogens with two attached hydrogens (primary N) is 2. The highest BCUT2D eigenvalue weighted by Crippen LogP contribution is 2.24. The third-order valence-electron chi connectivity index (χ3n) is 9.49. The molecule has 0 aliphatic carbocycles. The summed E-state index contributed by atoms with van der Waals surface area (Å²) in [5.74, 6) is -9.63. The van der Waals surface area contributed by atoms with E-state index in [1.165, 1.54) is 6.92 Å². The summed E-state index contributed by atoms with van der Waals surface area (Å²) < 4.78 is 0.